The highest BCUT2D eigenvalue weighted by molar-refractivity contribution is 5.81. The molecule has 0 radical (unpaired) electrons. The number of benzene rings is 1. The van der Waals surface area contributed by atoms with Crippen LogP contribution in [-0.2, 0) is 0 Å². The first-order valence-corrected chi connectivity index (χ1v) is 5.11. The summed E-state index contributed by atoms with van der Waals surface area (Å²) in [6.07, 6.45) is -0.366. The number of nitrogens with two attached hydrogens (primary N) is 1. The molecule has 3 heteroatoms. The van der Waals surface area contributed by atoms with Crippen molar-refractivity contribution in [1.82, 2.24) is 0 Å². The third-order valence-corrected chi connectivity index (χ3v) is 2.30. The number of rotatable bonds is 4. The van der Waals surface area contributed by atoms with Gasteiger partial charge in [-0.05, 0) is 30.5 Å². The van der Waals surface area contributed by atoms with Crippen LogP contribution in [0.1, 0.15) is 32.3 Å². The molecule has 0 aliphatic rings. The molecule has 0 saturated heterocycles. The van der Waals surface area contributed by atoms with Crippen LogP contribution in [0.25, 0.3) is 0 Å². The van der Waals surface area contributed by atoms with Crippen molar-refractivity contribution in [1.29, 1.82) is 5.41 Å². The van der Waals surface area contributed by atoms with Gasteiger partial charge in [0, 0.05) is 0 Å². The van der Waals surface area contributed by atoms with Gasteiger partial charge in [0.05, 0.1) is 0 Å². The summed E-state index contributed by atoms with van der Waals surface area (Å²) in [6.45, 7) is 6.06. The van der Waals surface area contributed by atoms with E-state index in [0.29, 0.717) is 5.92 Å². The Morgan fingerprint density at radius 3 is 2.13 bits per heavy atom. The minimum atomic E-state index is -0.366. The number of hydrogen-bond donors (Lipinski definition) is 2. The van der Waals surface area contributed by atoms with Crippen LogP contribution in [0, 0.1) is 5.41 Å². The standard InChI is InChI=1S/C12H18N2O/c1-8(2)10-4-6-11(7-5-10)15-9(3)12(13)14/h4-9H,1-3H3,(H3,13,14). The molecule has 0 aliphatic carbocycles. The molecule has 0 amide bonds. The molecule has 1 unspecified atom stereocenters. The van der Waals surface area contributed by atoms with Gasteiger partial charge in [0.1, 0.15) is 11.6 Å². The van der Waals surface area contributed by atoms with Gasteiger partial charge in [-0.2, -0.15) is 0 Å². The molecule has 82 valence electrons. The molecule has 3 nitrogen and oxygen atoms in total. The minimum absolute atomic E-state index is 0.0444. The summed E-state index contributed by atoms with van der Waals surface area (Å²) in [5.41, 5.74) is 6.60. The molecule has 15 heavy (non-hydrogen) atoms. The first-order valence-electron chi connectivity index (χ1n) is 5.11. The zero-order valence-electron chi connectivity index (χ0n) is 9.45. The van der Waals surface area contributed by atoms with Gasteiger partial charge in [-0.1, -0.05) is 26.0 Å². The number of hydrogen-bond acceptors (Lipinski definition) is 2. The molecule has 0 spiro atoms. The van der Waals surface area contributed by atoms with Crippen molar-refractivity contribution >= 4 is 5.84 Å². The highest BCUT2D eigenvalue weighted by Gasteiger charge is 2.06. The lowest BCUT2D eigenvalue weighted by atomic mass is 10.0. The van der Waals surface area contributed by atoms with Crippen LogP contribution in [0.2, 0.25) is 0 Å². The zero-order valence-corrected chi connectivity index (χ0v) is 9.45. The molecule has 0 heterocycles. The van der Waals surface area contributed by atoms with E-state index in [1.165, 1.54) is 5.56 Å². The van der Waals surface area contributed by atoms with E-state index in [4.69, 9.17) is 15.9 Å². The summed E-state index contributed by atoms with van der Waals surface area (Å²) in [5.74, 6) is 1.31. The van der Waals surface area contributed by atoms with Gasteiger partial charge >= 0.3 is 0 Å². The smallest absolute Gasteiger partial charge is 0.152 e. The maximum absolute atomic E-state index is 7.21. The molecule has 1 rings (SSSR count). The second-order valence-electron chi connectivity index (χ2n) is 3.94. The minimum Gasteiger partial charge on any atom is -0.483 e. The summed E-state index contributed by atoms with van der Waals surface area (Å²) >= 11 is 0. The fourth-order valence-corrected chi connectivity index (χ4v) is 1.20. The summed E-state index contributed by atoms with van der Waals surface area (Å²) < 4.78 is 5.46. The topological polar surface area (TPSA) is 59.1 Å². The summed E-state index contributed by atoms with van der Waals surface area (Å²) in [7, 11) is 0. The normalized spacial score (nSPS) is 12.5. The Hall–Kier alpha value is -1.51. The molecule has 1 aromatic carbocycles. The Kier molecular flexibility index (Phi) is 3.72. The van der Waals surface area contributed by atoms with Crippen molar-refractivity contribution in [2.75, 3.05) is 0 Å². The van der Waals surface area contributed by atoms with E-state index in [2.05, 4.69) is 13.8 Å². The predicted molar refractivity (Wildman–Crippen MR) is 62.5 cm³/mol. The second-order valence-corrected chi connectivity index (χ2v) is 3.94. The van der Waals surface area contributed by atoms with Crippen LogP contribution >= 0.6 is 0 Å². The van der Waals surface area contributed by atoms with E-state index in [0.717, 1.165) is 5.75 Å². The van der Waals surface area contributed by atoms with Crippen molar-refractivity contribution < 1.29 is 4.74 Å². The van der Waals surface area contributed by atoms with Crippen molar-refractivity contribution in [2.45, 2.75) is 32.8 Å². The Labute approximate surface area is 90.8 Å². The van der Waals surface area contributed by atoms with E-state index in [1.54, 1.807) is 6.92 Å². The predicted octanol–water partition coefficient (Wildman–Crippen LogP) is 2.51. The van der Waals surface area contributed by atoms with Crippen LogP contribution in [0.3, 0.4) is 0 Å². The van der Waals surface area contributed by atoms with Gasteiger partial charge in [0.2, 0.25) is 0 Å². The van der Waals surface area contributed by atoms with Crippen LogP contribution in [0.15, 0.2) is 24.3 Å². The largest absolute Gasteiger partial charge is 0.483 e. The van der Waals surface area contributed by atoms with Crippen LogP contribution in [-0.4, -0.2) is 11.9 Å². The molecule has 1 aromatic rings. The van der Waals surface area contributed by atoms with E-state index < -0.39 is 0 Å². The van der Waals surface area contributed by atoms with Crippen LogP contribution in [0.4, 0.5) is 0 Å². The molecular formula is C12H18N2O. The molecule has 0 aromatic heterocycles. The SMILES string of the molecule is CC(Oc1ccc(C(C)C)cc1)C(=N)N. The van der Waals surface area contributed by atoms with Gasteiger partial charge in [0.25, 0.3) is 0 Å². The van der Waals surface area contributed by atoms with Crippen molar-refractivity contribution in [3.63, 3.8) is 0 Å². The Morgan fingerprint density at radius 1 is 1.20 bits per heavy atom. The first-order chi connectivity index (χ1) is 7.00. The Morgan fingerprint density at radius 2 is 1.73 bits per heavy atom. The monoisotopic (exact) mass is 206 g/mol. The van der Waals surface area contributed by atoms with Crippen LogP contribution < -0.4 is 10.5 Å². The van der Waals surface area contributed by atoms with Crippen LogP contribution in [0.5, 0.6) is 5.75 Å². The second kappa shape index (κ2) is 4.82. The van der Waals surface area contributed by atoms with Crippen molar-refractivity contribution in [3.05, 3.63) is 29.8 Å². The highest BCUT2D eigenvalue weighted by Crippen LogP contribution is 2.19. The lowest BCUT2D eigenvalue weighted by Gasteiger charge is -2.13. The maximum atomic E-state index is 7.21. The molecule has 0 saturated carbocycles. The lowest BCUT2D eigenvalue weighted by molar-refractivity contribution is 0.284. The third-order valence-electron chi connectivity index (χ3n) is 2.30. The van der Waals surface area contributed by atoms with Gasteiger partial charge < -0.3 is 10.5 Å². The molecule has 0 bridgehead atoms. The fraction of sp³-hybridized carbons (Fsp3) is 0.417. The Balaban J connectivity index is 2.68. The third kappa shape index (κ3) is 3.27. The summed E-state index contributed by atoms with van der Waals surface area (Å²) in [6, 6.07) is 7.89. The quantitative estimate of drug-likeness (QED) is 0.587. The van der Waals surface area contributed by atoms with Gasteiger partial charge in [-0.3, -0.25) is 5.41 Å². The van der Waals surface area contributed by atoms with Gasteiger partial charge in [-0.25, -0.2) is 0 Å². The number of amidine groups is 1. The van der Waals surface area contributed by atoms with Gasteiger partial charge in [-0.15, -0.1) is 0 Å². The molecule has 0 fully saturated rings. The first kappa shape index (κ1) is 11.6. The molecular weight excluding hydrogens is 188 g/mol. The number of ether oxygens (including phenoxy) is 1. The van der Waals surface area contributed by atoms with Gasteiger partial charge in [0.15, 0.2) is 6.10 Å². The summed E-state index contributed by atoms with van der Waals surface area (Å²) in [5, 5.41) is 7.21. The fourth-order valence-electron chi connectivity index (χ4n) is 1.20. The highest BCUT2D eigenvalue weighted by atomic mass is 16.5. The van der Waals surface area contributed by atoms with E-state index in [9.17, 15) is 0 Å². The van der Waals surface area contributed by atoms with E-state index in [1.807, 2.05) is 24.3 Å². The van der Waals surface area contributed by atoms with Crippen molar-refractivity contribution in [2.24, 2.45) is 5.73 Å². The lowest BCUT2D eigenvalue weighted by Crippen LogP contribution is -2.29. The van der Waals surface area contributed by atoms with Crippen molar-refractivity contribution in [3.8, 4) is 5.75 Å². The molecule has 0 aliphatic heterocycles. The van der Waals surface area contributed by atoms with E-state index >= 15 is 0 Å². The molecule has 1 atom stereocenters. The summed E-state index contributed by atoms with van der Waals surface area (Å²) in [4.78, 5) is 0. The average Bonchev–Trinajstić information content (AvgIpc) is 2.18. The molecule has 3 N–H and O–H groups in total. The average molecular weight is 206 g/mol. The maximum Gasteiger partial charge on any atom is 0.152 e. The number of nitrogens with one attached hydrogen (secondary N) is 1. The van der Waals surface area contributed by atoms with E-state index in [-0.39, 0.29) is 11.9 Å². The Bertz CT molecular complexity index is 330. The zero-order chi connectivity index (χ0) is 11.4.